The number of rotatable bonds is 7. The summed E-state index contributed by atoms with van der Waals surface area (Å²) in [6.07, 6.45) is 0.927. The van der Waals surface area contributed by atoms with Crippen LogP contribution in [0.4, 0.5) is 0 Å². The van der Waals surface area contributed by atoms with Gasteiger partial charge in [-0.05, 0) is 47.0 Å². The van der Waals surface area contributed by atoms with Crippen molar-refractivity contribution < 1.29 is 9.53 Å². The number of nitrogen functional groups attached to an aromatic ring is 1. The fraction of sp³-hybridized carbons (Fsp3) is 0.381. The predicted octanol–water partition coefficient (Wildman–Crippen LogP) is 3.43. The number of benzene rings is 1. The zero-order chi connectivity index (χ0) is 21.1. The number of hydrogen-bond donors (Lipinski definition) is 1. The van der Waals surface area contributed by atoms with Crippen LogP contribution in [0.5, 0.6) is 5.75 Å². The third kappa shape index (κ3) is 4.62. The van der Waals surface area contributed by atoms with Crippen LogP contribution in [0, 0.1) is 0 Å². The molecule has 0 bridgehead atoms. The Morgan fingerprint density at radius 2 is 2.07 bits per heavy atom. The van der Waals surface area contributed by atoms with Gasteiger partial charge in [-0.1, -0.05) is 37.7 Å². The normalized spacial score (nSPS) is 13.5. The van der Waals surface area contributed by atoms with Gasteiger partial charge in [-0.2, -0.15) is 0 Å². The van der Waals surface area contributed by atoms with Crippen molar-refractivity contribution in [3.8, 4) is 5.75 Å². The topological polar surface area (TPSA) is 86.3 Å². The molecule has 7 nitrogen and oxygen atoms in total. The summed E-state index contributed by atoms with van der Waals surface area (Å²) in [5.74, 6) is 8.23. The largest absolute Gasteiger partial charge is 0.486 e. The Kier molecular flexibility index (Phi) is 6.29. The number of thioether (sulfide) groups is 1. The summed E-state index contributed by atoms with van der Waals surface area (Å²) in [7, 11) is 0. The molecule has 0 atom stereocenters. The minimum Gasteiger partial charge on any atom is -0.486 e. The Labute approximate surface area is 184 Å². The summed E-state index contributed by atoms with van der Waals surface area (Å²) in [4.78, 5) is 15.9. The zero-order valence-corrected chi connectivity index (χ0v) is 18.7. The van der Waals surface area contributed by atoms with Crippen LogP contribution in [0.3, 0.4) is 0 Å². The van der Waals surface area contributed by atoms with E-state index < -0.39 is 0 Å². The molecular formula is C21H25N5O2S2. The summed E-state index contributed by atoms with van der Waals surface area (Å²) < 4.78 is 7.18. The molecule has 0 unspecified atom stereocenters. The van der Waals surface area contributed by atoms with E-state index in [1.807, 2.05) is 17.0 Å². The van der Waals surface area contributed by atoms with Gasteiger partial charge in [-0.3, -0.25) is 4.79 Å². The number of nitrogens with two attached hydrogens (primary N) is 1. The summed E-state index contributed by atoms with van der Waals surface area (Å²) in [6, 6.07) is 10.1. The van der Waals surface area contributed by atoms with Gasteiger partial charge in [0, 0.05) is 18.0 Å². The van der Waals surface area contributed by atoms with Crippen molar-refractivity contribution in [3.05, 3.63) is 57.5 Å². The second-order valence-corrected chi connectivity index (χ2v) is 9.45. The Morgan fingerprint density at radius 3 is 2.83 bits per heavy atom. The molecule has 1 amide bonds. The molecule has 0 fully saturated rings. The van der Waals surface area contributed by atoms with Gasteiger partial charge in [0.25, 0.3) is 0 Å². The number of ether oxygens (including phenoxy) is 1. The van der Waals surface area contributed by atoms with Crippen LogP contribution in [-0.2, 0) is 24.4 Å². The molecule has 2 aromatic heterocycles. The SMILES string of the molecule is CC(C)c1ccc(OCc2nnc(SCC(=O)N3CCc4sccc4C3)n2N)cc1. The molecule has 3 heterocycles. The van der Waals surface area contributed by atoms with Gasteiger partial charge >= 0.3 is 0 Å². The molecule has 1 aliphatic rings. The molecule has 0 saturated heterocycles. The van der Waals surface area contributed by atoms with Gasteiger partial charge in [-0.15, -0.1) is 21.5 Å². The van der Waals surface area contributed by atoms with Gasteiger partial charge in [0.15, 0.2) is 5.82 Å². The zero-order valence-electron chi connectivity index (χ0n) is 17.1. The molecule has 158 valence electrons. The number of thiophene rings is 1. The number of fused-ring (bicyclic) bond motifs is 1. The summed E-state index contributed by atoms with van der Waals surface area (Å²) in [5.41, 5.74) is 2.52. The highest BCUT2D eigenvalue weighted by atomic mass is 32.2. The first kappa shape index (κ1) is 20.7. The quantitative estimate of drug-likeness (QED) is 0.445. The van der Waals surface area contributed by atoms with Crippen molar-refractivity contribution in [2.75, 3.05) is 18.1 Å². The van der Waals surface area contributed by atoms with Crippen LogP contribution >= 0.6 is 23.1 Å². The van der Waals surface area contributed by atoms with E-state index in [-0.39, 0.29) is 18.3 Å². The molecule has 0 spiro atoms. The lowest BCUT2D eigenvalue weighted by atomic mass is 10.0. The molecule has 0 radical (unpaired) electrons. The van der Waals surface area contributed by atoms with E-state index in [1.165, 1.54) is 32.4 Å². The Bertz CT molecular complexity index is 1010. The smallest absolute Gasteiger partial charge is 0.233 e. The van der Waals surface area contributed by atoms with Crippen LogP contribution in [0.25, 0.3) is 0 Å². The van der Waals surface area contributed by atoms with Crippen LogP contribution in [-0.4, -0.2) is 38.0 Å². The summed E-state index contributed by atoms with van der Waals surface area (Å²) >= 11 is 3.07. The highest BCUT2D eigenvalue weighted by molar-refractivity contribution is 7.99. The van der Waals surface area contributed by atoms with Crippen molar-refractivity contribution in [2.45, 2.75) is 44.5 Å². The van der Waals surface area contributed by atoms with E-state index in [2.05, 4.69) is 47.6 Å². The van der Waals surface area contributed by atoms with Gasteiger partial charge in [0.2, 0.25) is 11.1 Å². The number of nitrogens with zero attached hydrogens (tertiary/aromatic N) is 4. The van der Waals surface area contributed by atoms with Gasteiger partial charge < -0.3 is 15.5 Å². The molecule has 3 aromatic rings. The lowest BCUT2D eigenvalue weighted by molar-refractivity contribution is -0.129. The third-order valence-electron chi connectivity index (χ3n) is 5.13. The number of carbonyl (C=O) groups excluding carboxylic acids is 1. The number of hydrogen-bond acceptors (Lipinski definition) is 7. The van der Waals surface area contributed by atoms with Crippen molar-refractivity contribution >= 4 is 29.0 Å². The maximum Gasteiger partial charge on any atom is 0.233 e. The van der Waals surface area contributed by atoms with Crippen molar-refractivity contribution in [2.24, 2.45) is 0 Å². The molecule has 0 saturated carbocycles. The van der Waals surface area contributed by atoms with Gasteiger partial charge in [0.1, 0.15) is 12.4 Å². The minimum absolute atomic E-state index is 0.0860. The van der Waals surface area contributed by atoms with Crippen molar-refractivity contribution in [1.82, 2.24) is 19.8 Å². The number of amides is 1. The van der Waals surface area contributed by atoms with E-state index in [4.69, 9.17) is 10.6 Å². The van der Waals surface area contributed by atoms with Gasteiger partial charge in [0.05, 0.1) is 5.75 Å². The molecule has 1 aromatic carbocycles. The van der Waals surface area contributed by atoms with E-state index in [0.717, 1.165) is 18.7 Å². The molecular weight excluding hydrogens is 418 g/mol. The van der Waals surface area contributed by atoms with Crippen molar-refractivity contribution in [1.29, 1.82) is 0 Å². The fourth-order valence-electron chi connectivity index (χ4n) is 3.28. The van der Waals surface area contributed by atoms with E-state index >= 15 is 0 Å². The number of carbonyl (C=O) groups is 1. The lowest BCUT2D eigenvalue weighted by Gasteiger charge is -2.26. The van der Waals surface area contributed by atoms with Crippen LogP contribution in [0.15, 0.2) is 40.9 Å². The summed E-state index contributed by atoms with van der Waals surface area (Å²) in [5, 5.41) is 10.8. The van der Waals surface area contributed by atoms with Crippen LogP contribution in [0.1, 0.15) is 41.6 Å². The second kappa shape index (κ2) is 9.09. The molecule has 1 aliphatic heterocycles. The van der Waals surface area contributed by atoms with E-state index in [0.29, 0.717) is 23.4 Å². The maximum atomic E-state index is 12.6. The summed E-state index contributed by atoms with van der Waals surface area (Å²) in [6.45, 7) is 5.97. The average molecular weight is 444 g/mol. The monoisotopic (exact) mass is 443 g/mol. The standard InChI is InChI=1S/C21H25N5O2S2/c1-14(2)15-3-5-17(6-4-15)28-12-19-23-24-21(26(19)22)30-13-20(27)25-9-7-18-16(11-25)8-10-29-18/h3-6,8,10,14H,7,9,11-13,22H2,1-2H3. The first-order valence-electron chi connectivity index (χ1n) is 9.89. The Balaban J connectivity index is 1.29. The number of aromatic nitrogens is 3. The average Bonchev–Trinajstić information content (AvgIpc) is 3.36. The predicted molar refractivity (Wildman–Crippen MR) is 119 cm³/mol. The molecule has 4 rings (SSSR count). The maximum absolute atomic E-state index is 12.6. The second-order valence-electron chi connectivity index (χ2n) is 7.50. The molecule has 30 heavy (non-hydrogen) atoms. The highest BCUT2D eigenvalue weighted by Gasteiger charge is 2.22. The van der Waals surface area contributed by atoms with Crippen LogP contribution < -0.4 is 10.6 Å². The van der Waals surface area contributed by atoms with Crippen LogP contribution in [0.2, 0.25) is 0 Å². The fourth-order valence-corrected chi connectivity index (χ4v) is 4.95. The molecule has 2 N–H and O–H groups in total. The minimum atomic E-state index is 0.0860. The van der Waals surface area contributed by atoms with Crippen molar-refractivity contribution in [3.63, 3.8) is 0 Å². The van der Waals surface area contributed by atoms with E-state index in [9.17, 15) is 4.79 Å². The van der Waals surface area contributed by atoms with E-state index in [1.54, 1.807) is 11.3 Å². The molecule has 9 heteroatoms. The highest BCUT2D eigenvalue weighted by Crippen LogP contribution is 2.25. The Hall–Kier alpha value is -2.52. The first-order chi connectivity index (χ1) is 14.5. The third-order valence-corrected chi connectivity index (χ3v) is 7.09. The van der Waals surface area contributed by atoms with Gasteiger partial charge in [-0.25, -0.2) is 4.68 Å². The lowest BCUT2D eigenvalue weighted by Crippen LogP contribution is -2.36. The molecule has 0 aliphatic carbocycles. The first-order valence-corrected chi connectivity index (χ1v) is 11.8. The Morgan fingerprint density at radius 1 is 1.27 bits per heavy atom.